The third-order valence-electron chi connectivity index (χ3n) is 3.06. The number of nitrogens with zero attached hydrogens (tertiary/aromatic N) is 1. The zero-order valence-corrected chi connectivity index (χ0v) is 11.1. The van der Waals surface area contributed by atoms with Crippen molar-refractivity contribution in [3.8, 4) is 11.5 Å². The minimum atomic E-state index is 0.161. The quantitative estimate of drug-likeness (QED) is 0.865. The molecule has 0 aliphatic heterocycles. The van der Waals surface area contributed by atoms with Gasteiger partial charge in [-0.2, -0.15) is 0 Å². The maximum Gasteiger partial charge on any atom is 0.160 e. The van der Waals surface area contributed by atoms with Gasteiger partial charge in [-0.15, -0.1) is 0 Å². The lowest BCUT2D eigenvalue weighted by atomic mass is 10.1. The van der Waals surface area contributed by atoms with Crippen LogP contribution in [-0.4, -0.2) is 17.2 Å². The molecular weight excluding hydrogens is 240 g/mol. The number of methoxy groups -OCH3 is 1. The molecule has 0 bridgehead atoms. The van der Waals surface area contributed by atoms with Gasteiger partial charge in [0, 0.05) is 25.0 Å². The van der Waals surface area contributed by atoms with E-state index in [4.69, 9.17) is 4.74 Å². The van der Waals surface area contributed by atoms with Gasteiger partial charge in [-0.05, 0) is 42.3 Å². The fourth-order valence-corrected chi connectivity index (χ4v) is 1.87. The predicted octanol–water partition coefficient (Wildman–Crippen LogP) is 2.65. The monoisotopic (exact) mass is 258 g/mol. The molecule has 4 nitrogen and oxygen atoms in total. The number of phenolic OH excluding ortho intramolecular Hbond substituents is 1. The van der Waals surface area contributed by atoms with Gasteiger partial charge >= 0.3 is 0 Å². The van der Waals surface area contributed by atoms with E-state index in [1.165, 1.54) is 5.56 Å². The molecule has 0 saturated carbocycles. The molecule has 19 heavy (non-hydrogen) atoms. The second-order valence-corrected chi connectivity index (χ2v) is 4.39. The van der Waals surface area contributed by atoms with Crippen LogP contribution in [0.3, 0.4) is 0 Å². The molecule has 0 amide bonds. The van der Waals surface area contributed by atoms with E-state index in [0.717, 1.165) is 5.56 Å². The summed E-state index contributed by atoms with van der Waals surface area (Å²) < 4.78 is 5.09. The lowest BCUT2D eigenvalue weighted by Gasteiger charge is -2.14. The van der Waals surface area contributed by atoms with Crippen molar-refractivity contribution in [3.05, 3.63) is 53.9 Å². The molecule has 1 heterocycles. The van der Waals surface area contributed by atoms with E-state index < -0.39 is 0 Å². The van der Waals surface area contributed by atoms with Crippen LogP contribution in [0.5, 0.6) is 11.5 Å². The Balaban J connectivity index is 1.99. The van der Waals surface area contributed by atoms with Crippen molar-refractivity contribution in [3.63, 3.8) is 0 Å². The number of hydrogen-bond donors (Lipinski definition) is 2. The fraction of sp³-hybridized carbons (Fsp3) is 0.267. The van der Waals surface area contributed by atoms with E-state index in [0.29, 0.717) is 12.3 Å². The van der Waals surface area contributed by atoms with Crippen LogP contribution in [0, 0.1) is 0 Å². The molecule has 0 radical (unpaired) electrons. The maximum atomic E-state index is 9.54. The summed E-state index contributed by atoms with van der Waals surface area (Å²) in [5, 5.41) is 13.0. The van der Waals surface area contributed by atoms with Gasteiger partial charge < -0.3 is 15.2 Å². The average molecular weight is 258 g/mol. The van der Waals surface area contributed by atoms with E-state index in [1.54, 1.807) is 25.6 Å². The number of rotatable bonds is 5. The molecule has 2 aromatic rings. The number of aromatic nitrogens is 1. The summed E-state index contributed by atoms with van der Waals surface area (Å²) in [5.74, 6) is 0.657. The van der Waals surface area contributed by atoms with E-state index in [2.05, 4.69) is 17.2 Å². The summed E-state index contributed by atoms with van der Waals surface area (Å²) in [6.45, 7) is 2.81. The molecule has 0 aliphatic carbocycles. The third-order valence-corrected chi connectivity index (χ3v) is 3.06. The number of pyridine rings is 1. The number of aromatic hydroxyl groups is 1. The first-order valence-corrected chi connectivity index (χ1v) is 6.20. The fourth-order valence-electron chi connectivity index (χ4n) is 1.87. The van der Waals surface area contributed by atoms with Crippen molar-refractivity contribution in [2.75, 3.05) is 7.11 Å². The van der Waals surface area contributed by atoms with Crippen LogP contribution in [0.15, 0.2) is 42.7 Å². The van der Waals surface area contributed by atoms with Crippen LogP contribution in [0.2, 0.25) is 0 Å². The minimum absolute atomic E-state index is 0.161. The smallest absolute Gasteiger partial charge is 0.160 e. The Bertz CT molecular complexity index is 529. The summed E-state index contributed by atoms with van der Waals surface area (Å²) in [4.78, 5) is 4.01. The molecule has 4 heteroatoms. The van der Waals surface area contributed by atoms with Gasteiger partial charge in [-0.1, -0.05) is 6.07 Å². The summed E-state index contributed by atoms with van der Waals surface area (Å²) in [6, 6.07) is 9.59. The van der Waals surface area contributed by atoms with Gasteiger partial charge in [-0.25, -0.2) is 0 Å². The van der Waals surface area contributed by atoms with Crippen molar-refractivity contribution in [2.24, 2.45) is 0 Å². The lowest BCUT2D eigenvalue weighted by Crippen LogP contribution is -2.18. The molecule has 1 atom stereocenters. The molecule has 2 N–H and O–H groups in total. The molecule has 0 spiro atoms. The Kier molecular flexibility index (Phi) is 4.36. The summed E-state index contributed by atoms with van der Waals surface area (Å²) in [5.41, 5.74) is 2.26. The summed E-state index contributed by atoms with van der Waals surface area (Å²) >= 11 is 0. The number of benzene rings is 1. The van der Waals surface area contributed by atoms with Gasteiger partial charge in [0.2, 0.25) is 0 Å². The normalized spacial score (nSPS) is 12.1. The number of phenols is 1. The Morgan fingerprint density at radius 3 is 2.68 bits per heavy atom. The van der Waals surface area contributed by atoms with E-state index in [9.17, 15) is 5.11 Å². The van der Waals surface area contributed by atoms with Gasteiger partial charge in [-0.3, -0.25) is 4.98 Å². The van der Waals surface area contributed by atoms with Crippen molar-refractivity contribution >= 4 is 0 Å². The zero-order valence-electron chi connectivity index (χ0n) is 11.1. The van der Waals surface area contributed by atoms with Gasteiger partial charge in [0.15, 0.2) is 11.5 Å². The Labute approximate surface area is 113 Å². The first-order valence-electron chi connectivity index (χ1n) is 6.20. The molecule has 100 valence electrons. The van der Waals surface area contributed by atoms with E-state index in [-0.39, 0.29) is 11.8 Å². The molecular formula is C15H18N2O2. The molecule has 0 saturated heterocycles. The second-order valence-electron chi connectivity index (χ2n) is 4.39. The number of ether oxygens (including phenoxy) is 1. The van der Waals surface area contributed by atoms with Crippen LogP contribution >= 0.6 is 0 Å². The van der Waals surface area contributed by atoms with Gasteiger partial charge in [0.25, 0.3) is 0 Å². The minimum Gasteiger partial charge on any atom is -0.504 e. The number of nitrogens with one attached hydrogen (secondary N) is 1. The molecule has 0 unspecified atom stereocenters. The molecule has 1 aromatic heterocycles. The highest BCUT2D eigenvalue weighted by Gasteiger charge is 2.06. The van der Waals surface area contributed by atoms with E-state index >= 15 is 0 Å². The predicted molar refractivity (Wildman–Crippen MR) is 74.2 cm³/mol. The Morgan fingerprint density at radius 1 is 1.26 bits per heavy atom. The van der Waals surface area contributed by atoms with Crippen LogP contribution < -0.4 is 10.1 Å². The van der Waals surface area contributed by atoms with Crippen molar-refractivity contribution in [2.45, 2.75) is 19.5 Å². The summed E-state index contributed by atoms with van der Waals surface area (Å²) in [7, 11) is 1.55. The highest BCUT2D eigenvalue weighted by Crippen LogP contribution is 2.26. The van der Waals surface area contributed by atoms with Crippen LogP contribution in [0.4, 0.5) is 0 Å². The Morgan fingerprint density at radius 2 is 2.00 bits per heavy atom. The lowest BCUT2D eigenvalue weighted by molar-refractivity contribution is 0.372. The number of hydrogen-bond acceptors (Lipinski definition) is 4. The third kappa shape index (κ3) is 3.45. The molecule has 0 fully saturated rings. The maximum absolute atomic E-state index is 9.54. The SMILES string of the molecule is COc1cc(CN[C@H](C)c2ccncc2)ccc1O. The first-order chi connectivity index (χ1) is 9.20. The average Bonchev–Trinajstić information content (AvgIpc) is 2.47. The highest BCUT2D eigenvalue weighted by atomic mass is 16.5. The molecule has 1 aromatic carbocycles. The largest absolute Gasteiger partial charge is 0.504 e. The highest BCUT2D eigenvalue weighted by molar-refractivity contribution is 5.41. The summed E-state index contributed by atoms with van der Waals surface area (Å²) in [6.07, 6.45) is 3.58. The molecule has 2 rings (SSSR count). The van der Waals surface area contributed by atoms with E-state index in [1.807, 2.05) is 24.3 Å². The van der Waals surface area contributed by atoms with Crippen LogP contribution in [-0.2, 0) is 6.54 Å². The van der Waals surface area contributed by atoms with Crippen molar-refractivity contribution in [1.82, 2.24) is 10.3 Å². The van der Waals surface area contributed by atoms with Crippen molar-refractivity contribution < 1.29 is 9.84 Å². The van der Waals surface area contributed by atoms with Gasteiger partial charge in [0.05, 0.1) is 7.11 Å². The van der Waals surface area contributed by atoms with Crippen LogP contribution in [0.1, 0.15) is 24.1 Å². The molecule has 0 aliphatic rings. The first kappa shape index (κ1) is 13.4. The zero-order chi connectivity index (χ0) is 13.7. The van der Waals surface area contributed by atoms with Crippen molar-refractivity contribution in [1.29, 1.82) is 0 Å². The second kappa shape index (κ2) is 6.20. The topological polar surface area (TPSA) is 54.4 Å². The Hall–Kier alpha value is -2.07. The van der Waals surface area contributed by atoms with Crippen LogP contribution in [0.25, 0.3) is 0 Å². The standard InChI is InChI=1S/C15H18N2O2/c1-11(13-5-7-16-8-6-13)17-10-12-3-4-14(18)15(9-12)19-2/h3-9,11,17-18H,10H2,1-2H3/t11-/m1/s1. The van der Waals surface area contributed by atoms with Gasteiger partial charge in [0.1, 0.15) is 0 Å².